The van der Waals surface area contributed by atoms with Crippen molar-refractivity contribution in [1.29, 1.82) is 0 Å². The first-order valence-electron chi connectivity index (χ1n) is 29.2. The number of ether oxygens (including phenoxy) is 1. The minimum Gasteiger partial charge on any atom is -0.510 e. The van der Waals surface area contributed by atoms with Gasteiger partial charge in [0.15, 0.2) is 0 Å². The number of fused-ring (bicyclic) bond motifs is 4. The third-order valence-electron chi connectivity index (χ3n) is 12.5. The molecular weight excluding hydrogens is 1050 g/mol. The number of imidazole rings is 1. The second kappa shape index (κ2) is 18.7. The predicted octanol–water partition coefficient (Wildman–Crippen LogP) is 15.9. The van der Waals surface area contributed by atoms with Gasteiger partial charge in [-0.05, 0) is 103 Å². The van der Waals surface area contributed by atoms with Crippen LogP contribution in [0, 0.1) is 25.3 Å². The van der Waals surface area contributed by atoms with Gasteiger partial charge in [0.25, 0.3) is 6.33 Å². The molecule has 0 unspecified atom stereocenters. The van der Waals surface area contributed by atoms with Crippen LogP contribution in [0.25, 0.3) is 94.5 Å². The average Bonchev–Trinajstić information content (AvgIpc) is 3.09. The Labute approximate surface area is 447 Å². The van der Waals surface area contributed by atoms with Gasteiger partial charge in [-0.1, -0.05) is 184 Å². The van der Waals surface area contributed by atoms with E-state index >= 15 is 0 Å². The van der Waals surface area contributed by atoms with Crippen LogP contribution >= 0.6 is 0 Å². The molecule has 9 aromatic carbocycles. The summed E-state index contributed by atoms with van der Waals surface area (Å²) in [7, 11) is 0. The molecule has 0 fully saturated rings. The molecule has 0 bridgehead atoms. The summed E-state index contributed by atoms with van der Waals surface area (Å²) in [5, 5.41) is 1.67. The molecular formula is C65H48N4OPt-2. The van der Waals surface area contributed by atoms with Crippen LogP contribution in [0.1, 0.15) is 49.7 Å². The quantitative estimate of drug-likeness (QED) is 0.107. The van der Waals surface area contributed by atoms with Crippen molar-refractivity contribution in [3.05, 3.63) is 248 Å². The van der Waals surface area contributed by atoms with Crippen molar-refractivity contribution in [2.45, 2.75) is 33.0 Å². The van der Waals surface area contributed by atoms with Crippen molar-refractivity contribution in [2.75, 3.05) is 0 Å². The Morgan fingerprint density at radius 1 is 0.577 bits per heavy atom. The van der Waals surface area contributed by atoms with Crippen LogP contribution in [-0.2, 0) is 26.5 Å². The zero-order valence-corrected chi connectivity index (χ0v) is 40.8. The smallest absolute Gasteiger partial charge is 0.268 e. The molecule has 0 aliphatic carbocycles. The van der Waals surface area contributed by atoms with E-state index < -0.39 is 67.3 Å². The van der Waals surface area contributed by atoms with E-state index in [0.717, 1.165) is 38.5 Å². The first-order chi connectivity index (χ1) is 39.6. The summed E-state index contributed by atoms with van der Waals surface area (Å²) in [6.45, 7) is 4.07. The van der Waals surface area contributed by atoms with Crippen LogP contribution in [-0.4, -0.2) is 14.1 Å². The fourth-order valence-corrected chi connectivity index (χ4v) is 9.10. The van der Waals surface area contributed by atoms with E-state index in [1.165, 1.54) is 0 Å². The number of hydrogen-bond acceptors (Lipinski definition) is 2. The SMILES string of the molecule is [2H]c1c([2H])c([2H])c(-c2cccc(-c3c([2H])c([2H])c([2H])c([2H])c3[2H])c2-[n+]2[c-]n(-c3[c-]c(Oc4[c-]c5c(cc4)c4cc(-c6ccccc6C([2H])([2H])[2H])ccc4n5-c4cc(C(C)(C)C)ccn4)ccc3)c3ccc(-c4ccccc4)cc32)c([2H])c1[2H].[Pt]. The number of hydrogen-bond donors (Lipinski definition) is 0. The largest absolute Gasteiger partial charge is 0.510 e. The number of para-hydroxylation sites is 1. The maximum atomic E-state index is 9.18. The zero-order valence-electron chi connectivity index (χ0n) is 51.5. The standard InChI is InChI=1S/C65H48N4O.Pt/c1-44-18-14-15-27-54(44)49-31-34-59-58(38-49)57-33-32-53(42-61(57)69(59)63-40-50(36-37-66-63)65(2,3)4)70-52-26-16-25-51(41-52)67-43-68(62-39-48(30-35-60(62)67)45-19-8-5-9-20-45)64-55(46-21-10-6-11-22-46)28-17-29-56(64)47-23-12-7-13-24-47;/h5-40H,1-4H3;/q-2;/i1D3,6D,7D,10D,11D,12D,13D,21D,22D,23D,24D;. The monoisotopic (exact) mass is 1110 g/mol. The van der Waals surface area contributed by atoms with Crippen molar-refractivity contribution in [3.63, 3.8) is 0 Å². The number of nitrogens with zero attached hydrogens (tertiary/aromatic N) is 4. The molecule has 5 nitrogen and oxygen atoms in total. The van der Waals surface area contributed by atoms with Gasteiger partial charge in [0, 0.05) is 48.4 Å². The Morgan fingerprint density at radius 3 is 2.00 bits per heavy atom. The summed E-state index contributed by atoms with van der Waals surface area (Å²) in [6.07, 6.45) is 5.26. The van der Waals surface area contributed by atoms with Crippen LogP contribution in [0.5, 0.6) is 11.5 Å². The first-order valence-corrected chi connectivity index (χ1v) is 22.7. The van der Waals surface area contributed by atoms with E-state index in [9.17, 15) is 5.48 Å². The second-order valence-corrected chi connectivity index (χ2v) is 17.9. The van der Waals surface area contributed by atoms with Gasteiger partial charge < -0.3 is 13.9 Å². The fourth-order valence-electron chi connectivity index (χ4n) is 9.10. The summed E-state index contributed by atoms with van der Waals surface area (Å²) in [5.74, 6) is 1.28. The summed E-state index contributed by atoms with van der Waals surface area (Å²) < 4.78 is 125. The number of benzene rings is 9. The van der Waals surface area contributed by atoms with Crippen LogP contribution in [0.4, 0.5) is 0 Å². The average molecular weight is 1110 g/mol. The van der Waals surface area contributed by atoms with E-state index in [2.05, 4.69) is 45.3 Å². The molecule has 0 atom stereocenters. The van der Waals surface area contributed by atoms with Crippen molar-refractivity contribution in [2.24, 2.45) is 0 Å². The number of aromatic nitrogens is 4. The van der Waals surface area contributed by atoms with Gasteiger partial charge in [-0.3, -0.25) is 4.57 Å². The van der Waals surface area contributed by atoms with Gasteiger partial charge in [0.1, 0.15) is 5.82 Å². The Morgan fingerprint density at radius 2 is 1.25 bits per heavy atom. The van der Waals surface area contributed by atoms with Gasteiger partial charge in [0.05, 0.1) is 30.4 Å². The molecule has 0 spiro atoms. The Balaban J connectivity index is 0.00000736. The van der Waals surface area contributed by atoms with Crippen molar-refractivity contribution in [1.82, 2.24) is 14.1 Å². The molecule has 0 aliphatic heterocycles. The number of aryl methyl sites for hydroxylation is 1. The topological polar surface area (TPSA) is 35.9 Å². The van der Waals surface area contributed by atoms with Gasteiger partial charge >= 0.3 is 0 Å². The minimum absolute atomic E-state index is 0. The molecule has 0 aliphatic rings. The van der Waals surface area contributed by atoms with E-state index in [1.807, 2.05) is 95.6 Å². The summed E-state index contributed by atoms with van der Waals surface area (Å²) >= 11 is 0. The molecule has 12 aromatic rings. The third kappa shape index (κ3) is 8.47. The zero-order chi connectivity index (χ0) is 58.6. The van der Waals surface area contributed by atoms with E-state index in [4.69, 9.17) is 22.1 Å². The van der Waals surface area contributed by atoms with Crippen molar-refractivity contribution < 1.29 is 48.2 Å². The Bertz CT molecular complexity index is 4500. The van der Waals surface area contributed by atoms with Crippen molar-refractivity contribution in [3.8, 4) is 73.2 Å². The van der Waals surface area contributed by atoms with Crippen molar-refractivity contribution >= 4 is 32.8 Å². The Kier molecular flexibility index (Phi) is 8.58. The molecule has 0 saturated carbocycles. The first kappa shape index (κ1) is 32.7. The Hall–Kier alpha value is -8.11. The molecule has 0 N–H and O–H groups in total. The molecule has 0 radical (unpaired) electrons. The van der Waals surface area contributed by atoms with Gasteiger partial charge in [0.2, 0.25) is 0 Å². The summed E-state index contributed by atoms with van der Waals surface area (Å²) in [4.78, 5) is 4.86. The number of rotatable bonds is 9. The number of pyridine rings is 1. The summed E-state index contributed by atoms with van der Waals surface area (Å²) in [5.41, 5.74) is 7.05. The second-order valence-electron chi connectivity index (χ2n) is 17.9. The maximum Gasteiger partial charge on any atom is 0.268 e. The summed E-state index contributed by atoms with van der Waals surface area (Å²) in [6, 6.07) is 47.6. The van der Waals surface area contributed by atoms with Crippen LogP contribution in [0.15, 0.2) is 218 Å². The molecule has 0 saturated heterocycles. The predicted molar refractivity (Wildman–Crippen MR) is 285 cm³/mol. The molecule has 6 heteroatoms. The van der Waals surface area contributed by atoms with E-state index in [0.29, 0.717) is 45.1 Å². The molecule has 12 rings (SSSR count). The van der Waals surface area contributed by atoms with Crippen LogP contribution < -0.4 is 9.30 Å². The molecule has 0 amide bonds. The minimum atomic E-state index is -2.34. The van der Waals surface area contributed by atoms with Gasteiger partial charge in [-0.15, -0.1) is 29.7 Å². The maximum absolute atomic E-state index is 9.18. The van der Waals surface area contributed by atoms with Gasteiger partial charge in [-0.2, -0.15) is 18.2 Å². The molecule has 346 valence electrons. The normalized spacial score (nSPS) is 14.3. The molecule has 3 heterocycles. The molecule has 71 heavy (non-hydrogen) atoms. The third-order valence-corrected chi connectivity index (χ3v) is 12.5. The molecule has 3 aromatic heterocycles. The van der Waals surface area contributed by atoms with Gasteiger partial charge in [-0.25, -0.2) is 4.98 Å². The van der Waals surface area contributed by atoms with E-state index in [-0.39, 0.29) is 60.0 Å². The van der Waals surface area contributed by atoms with E-state index in [1.54, 1.807) is 69.9 Å². The van der Waals surface area contributed by atoms with Crippen LogP contribution in [0.3, 0.4) is 0 Å². The fraction of sp³-hybridized carbons (Fsp3) is 0.0769. The van der Waals surface area contributed by atoms with Crippen LogP contribution in [0.2, 0.25) is 0 Å².